The maximum atomic E-state index is 13.0. The summed E-state index contributed by atoms with van der Waals surface area (Å²) < 4.78 is 144. The summed E-state index contributed by atoms with van der Waals surface area (Å²) in [5.74, 6) is -3.33. The molecule has 0 amide bonds. The average Bonchev–Trinajstić information content (AvgIpc) is 1.63. The number of aromatic nitrogens is 5. The zero-order chi connectivity index (χ0) is 89.6. The van der Waals surface area contributed by atoms with Crippen molar-refractivity contribution in [3.05, 3.63) is 360 Å². The van der Waals surface area contributed by atoms with E-state index >= 15 is 0 Å². The second kappa shape index (κ2) is 37.8. The van der Waals surface area contributed by atoms with Crippen molar-refractivity contribution >= 4 is 103 Å². The number of nitriles is 3. The number of ketones is 2. The Balaban J connectivity index is 0.000000152. The van der Waals surface area contributed by atoms with E-state index in [9.17, 15) is 78.8 Å². The molecule has 20 nitrogen and oxygen atoms in total. The SMILES string of the molecule is C=Cc1ccc2[nH]ccc2c1.C=Cc1ccc2c(c1)c(C(=O)C(=O)OC)cn2-c1ccc(Oc2ccc(C(F)(F)F)c(C#N)c2)cc1.C=Cc1ccc2c(ccn2-c2ccc(Oc3ccc(C(F)(F)F)c(C#N)c3)cc2)c1.N#Cc1cc(Oc2ccc(-n3cc(C(=O)C(=O)O)c4cc([C@@H](O)CO)ccc43)cc2)ccc1C(F)(F)F.O=Cc1ccc2[nH]ccc2c1. The number of aliphatic hydroxyl groups is 2. The van der Waals surface area contributed by atoms with Gasteiger partial charge in [0.1, 0.15) is 46.9 Å². The Hall–Kier alpha value is -16.6. The summed E-state index contributed by atoms with van der Waals surface area (Å²) in [7, 11) is 1.13. The third-order valence-electron chi connectivity index (χ3n) is 19.3. The topological polar surface area (TPSA) is 301 Å². The number of ether oxygens (including phenoxy) is 4. The third-order valence-corrected chi connectivity index (χ3v) is 19.3. The number of benzene rings is 11. The number of H-pyrrole nitrogens is 2. The van der Waals surface area contributed by atoms with E-state index in [0.717, 1.165) is 112 Å². The highest BCUT2D eigenvalue weighted by molar-refractivity contribution is 6.43. The summed E-state index contributed by atoms with van der Waals surface area (Å²) in [6, 6.07) is 67.1. The van der Waals surface area contributed by atoms with Crippen LogP contribution in [0.2, 0.25) is 0 Å². The Bertz CT molecular complexity index is 6880. The van der Waals surface area contributed by atoms with Crippen LogP contribution in [0.4, 0.5) is 39.5 Å². The number of aromatic amines is 2. The Morgan fingerprint density at radius 2 is 0.808 bits per heavy atom. The lowest BCUT2D eigenvalue weighted by molar-refractivity contribution is -0.138. The van der Waals surface area contributed by atoms with Gasteiger partial charge in [0.15, 0.2) is 0 Å². The van der Waals surface area contributed by atoms with Crippen molar-refractivity contribution < 1.29 is 97.8 Å². The molecule has 0 fully saturated rings. The highest BCUT2D eigenvalue weighted by atomic mass is 19.4. The number of aliphatic hydroxyl groups excluding tert-OH is 2. The van der Waals surface area contributed by atoms with E-state index in [2.05, 4.69) is 52.6 Å². The number of nitrogens with zero attached hydrogens (tertiary/aromatic N) is 6. The van der Waals surface area contributed by atoms with Gasteiger partial charge in [-0.05, 0) is 240 Å². The molecule has 16 rings (SSSR count). The van der Waals surface area contributed by atoms with E-state index in [1.807, 2.05) is 96.0 Å². The van der Waals surface area contributed by atoms with Crippen molar-refractivity contribution in [1.29, 1.82) is 15.8 Å². The van der Waals surface area contributed by atoms with Crippen LogP contribution in [0.1, 0.15) is 92.8 Å². The third kappa shape index (κ3) is 20.3. The number of Topliss-reactive ketones (excluding diaryl/α,β-unsaturated/α-hetero) is 2. The van der Waals surface area contributed by atoms with Gasteiger partial charge < -0.3 is 57.9 Å². The number of rotatable bonds is 19. The lowest BCUT2D eigenvalue weighted by atomic mass is 10.0. The van der Waals surface area contributed by atoms with E-state index in [0.29, 0.717) is 44.9 Å². The van der Waals surface area contributed by atoms with Crippen LogP contribution < -0.4 is 14.2 Å². The minimum atomic E-state index is -4.68. The van der Waals surface area contributed by atoms with Gasteiger partial charge in [-0.2, -0.15) is 55.3 Å². The molecule has 0 radical (unpaired) electrons. The largest absolute Gasteiger partial charge is 0.475 e. The zero-order valence-electron chi connectivity index (χ0n) is 65.2. The Morgan fingerprint density at radius 1 is 0.440 bits per heavy atom. The molecular formula is C96H65F9N8O12. The second-order valence-corrected chi connectivity index (χ2v) is 27.2. The summed E-state index contributed by atoms with van der Waals surface area (Å²) in [5, 5.41) is 59.8. The molecule has 0 aliphatic carbocycles. The van der Waals surface area contributed by atoms with Crippen molar-refractivity contribution in [2.24, 2.45) is 0 Å². The number of esters is 1. The molecule has 0 unspecified atom stereocenters. The quantitative estimate of drug-likeness (QED) is 0.0165. The van der Waals surface area contributed by atoms with Crippen molar-refractivity contribution in [3.63, 3.8) is 0 Å². The number of hydrogen-bond donors (Lipinski definition) is 5. The van der Waals surface area contributed by atoms with Crippen LogP contribution in [0.15, 0.2) is 287 Å². The Morgan fingerprint density at radius 3 is 1.21 bits per heavy atom. The van der Waals surface area contributed by atoms with Crippen molar-refractivity contribution in [1.82, 2.24) is 23.7 Å². The monoisotopic (exact) mass is 1690 g/mol. The molecule has 1 atom stereocenters. The van der Waals surface area contributed by atoms with E-state index in [1.54, 1.807) is 100 Å². The predicted molar refractivity (Wildman–Crippen MR) is 451 cm³/mol. The standard InChI is InChI=1S/C27H17F3N2O4.C26H17F3N2O6.C24H15F3N2O.C10H9N.C9H7NO/c1-3-16-4-11-24-21(12-16)22(25(33)26(34)35-2)15-32(24)18-5-7-19(8-6-18)36-20-9-10-23(27(28,29)30)17(13-20)14-31;27-26(28,29)21-7-6-18(9-15(21)11-30)37-17-4-2-16(3-5-17)31-12-20(24(34)25(35)36)19-10-14(23(33)13-32)1-8-22(19)31;1-2-16-3-10-23-17(13-16)11-12-29(23)19-4-6-20(7-5-19)30-21-8-9-22(24(25,26)27)18(14-21)15-28;1-2-8-3-4-10-9(7-8)5-6-11-10;11-6-7-1-2-9-8(5-7)3-4-10-9/h3-13,15H,1H2,2H3;1-10,12,23,32-33H,13H2,(H,35,36);2-14H,1H2;2-7,11H,1H2;1-6,10H/t;23-;;;/m.0.../s1. The number of fused-ring (bicyclic) bond motifs is 5. The van der Waals surface area contributed by atoms with Crippen molar-refractivity contribution in [3.8, 4) is 69.8 Å². The first-order valence-electron chi connectivity index (χ1n) is 37.1. The lowest BCUT2D eigenvalue weighted by Crippen LogP contribution is -2.15. The number of nitrogens with one attached hydrogen (secondary N) is 2. The first kappa shape index (κ1) is 87.8. The summed E-state index contributed by atoms with van der Waals surface area (Å²) in [6.07, 6.45) is -0.383. The Labute approximate surface area is 704 Å². The number of carbonyl (C=O) groups is 5. The van der Waals surface area contributed by atoms with Gasteiger partial charge in [0.25, 0.3) is 11.6 Å². The molecule has 0 saturated carbocycles. The van der Waals surface area contributed by atoms with Crippen LogP contribution in [0.5, 0.6) is 34.5 Å². The van der Waals surface area contributed by atoms with E-state index in [1.165, 1.54) is 65.8 Å². The molecule has 16 aromatic rings. The van der Waals surface area contributed by atoms with Crippen LogP contribution in [-0.2, 0) is 32.9 Å². The number of hydrogen-bond acceptors (Lipinski definition) is 14. The molecule has 624 valence electrons. The van der Waals surface area contributed by atoms with Crippen molar-refractivity contribution in [2.45, 2.75) is 24.6 Å². The number of aldehydes is 1. The highest BCUT2D eigenvalue weighted by Gasteiger charge is 2.36. The molecule has 125 heavy (non-hydrogen) atoms. The van der Waals surface area contributed by atoms with Crippen LogP contribution in [0.25, 0.3) is 89.8 Å². The maximum absolute atomic E-state index is 13.0. The molecule has 0 spiro atoms. The summed E-state index contributed by atoms with van der Waals surface area (Å²) in [6.45, 7) is 10.7. The van der Waals surface area contributed by atoms with Gasteiger partial charge in [0.2, 0.25) is 0 Å². The predicted octanol–water partition coefficient (Wildman–Crippen LogP) is 22.7. The minimum absolute atomic E-state index is 0.0213. The molecule has 5 heterocycles. The van der Waals surface area contributed by atoms with Crippen LogP contribution in [0.3, 0.4) is 0 Å². The van der Waals surface area contributed by atoms with E-state index in [-0.39, 0.29) is 39.5 Å². The molecule has 0 aliphatic heterocycles. The van der Waals surface area contributed by atoms with Crippen molar-refractivity contribution in [2.75, 3.05) is 13.7 Å². The van der Waals surface area contributed by atoms with E-state index < -0.39 is 88.1 Å². The highest BCUT2D eigenvalue weighted by Crippen LogP contribution is 2.40. The number of carboxylic acids is 1. The number of carboxylic acid groups (broad SMARTS) is 1. The van der Waals surface area contributed by atoms with Crippen LogP contribution in [-0.4, -0.2) is 82.5 Å². The van der Waals surface area contributed by atoms with E-state index in [4.69, 9.17) is 30.0 Å². The first-order chi connectivity index (χ1) is 59.9. The summed E-state index contributed by atoms with van der Waals surface area (Å²) in [4.78, 5) is 64.7. The molecule has 0 bridgehead atoms. The number of carbonyl (C=O) groups excluding carboxylic acids is 4. The van der Waals surface area contributed by atoms with Gasteiger partial charge in [0.05, 0.1) is 93.0 Å². The Kier molecular flexibility index (Phi) is 26.5. The van der Waals surface area contributed by atoms with Gasteiger partial charge in [-0.3, -0.25) is 14.4 Å². The summed E-state index contributed by atoms with van der Waals surface area (Å²) in [5.41, 5.74) is 5.76. The maximum Gasteiger partial charge on any atom is 0.417 e. The van der Waals surface area contributed by atoms with Gasteiger partial charge in [-0.25, -0.2) is 9.59 Å². The zero-order valence-corrected chi connectivity index (χ0v) is 65.2. The molecule has 5 aromatic heterocycles. The first-order valence-corrected chi connectivity index (χ1v) is 37.1. The van der Waals surface area contributed by atoms with Gasteiger partial charge >= 0.3 is 30.5 Å². The fourth-order valence-corrected chi connectivity index (χ4v) is 13.1. The fraction of sp³-hybridized carbons (Fsp3) is 0.0625. The normalized spacial score (nSPS) is 11.3. The number of alkyl halides is 9. The molecule has 11 aromatic carbocycles. The smallest absolute Gasteiger partial charge is 0.417 e. The fourth-order valence-electron chi connectivity index (χ4n) is 13.1. The van der Waals surface area contributed by atoms with Gasteiger partial charge in [-0.1, -0.05) is 62.2 Å². The molecule has 5 N–H and O–H groups in total. The number of methoxy groups -OCH3 is 1. The molecular weight excluding hydrogens is 1630 g/mol. The van der Waals surface area contributed by atoms with Gasteiger partial charge in [-0.15, -0.1) is 0 Å². The summed E-state index contributed by atoms with van der Waals surface area (Å²) >= 11 is 0. The minimum Gasteiger partial charge on any atom is -0.475 e. The number of halogens is 9. The molecule has 29 heteroatoms. The van der Waals surface area contributed by atoms with Crippen LogP contribution in [0, 0.1) is 34.0 Å². The number of aliphatic carboxylic acids is 1. The lowest BCUT2D eigenvalue weighted by Gasteiger charge is -2.12. The van der Waals surface area contributed by atoms with Gasteiger partial charge in [0, 0.05) is 86.2 Å². The molecule has 0 saturated heterocycles. The molecule has 0 aliphatic rings. The van der Waals surface area contributed by atoms with Crippen LogP contribution >= 0.6 is 0 Å². The second-order valence-electron chi connectivity index (χ2n) is 27.2. The average molecular weight is 1690 g/mol.